The molecule has 0 bridgehead atoms. The van der Waals surface area contributed by atoms with E-state index in [0.29, 0.717) is 5.56 Å². The molecular weight excluding hydrogens is 354 g/mol. The van der Waals surface area contributed by atoms with Crippen LogP contribution < -0.4 is 4.74 Å². The van der Waals surface area contributed by atoms with Gasteiger partial charge in [-0.25, -0.2) is 9.37 Å². The highest BCUT2D eigenvalue weighted by molar-refractivity contribution is 9.10. The second kappa shape index (κ2) is 6.15. The Labute approximate surface area is 126 Å². The number of benzene rings is 1. The van der Waals surface area contributed by atoms with E-state index in [0.717, 1.165) is 12.1 Å². The molecule has 0 fully saturated rings. The number of halogens is 3. The number of aromatic nitrogens is 1. The van der Waals surface area contributed by atoms with Crippen LogP contribution in [0.5, 0.6) is 5.75 Å². The van der Waals surface area contributed by atoms with Crippen LogP contribution in [0, 0.1) is 15.9 Å². The Kier molecular flexibility index (Phi) is 4.51. The van der Waals surface area contributed by atoms with Crippen LogP contribution in [-0.4, -0.2) is 9.91 Å². The standard InChI is InChI=1S/C12H7BrClFN2O3/c13-8-4-10(17(18)19)11(5-9(8)15)20-6-7-2-1-3-16-12(7)14/h1-5H,6H2. The summed E-state index contributed by atoms with van der Waals surface area (Å²) in [6, 6.07) is 5.32. The normalized spacial score (nSPS) is 10.3. The third kappa shape index (κ3) is 3.23. The minimum Gasteiger partial charge on any atom is -0.482 e. The third-order valence-electron chi connectivity index (χ3n) is 2.42. The van der Waals surface area contributed by atoms with Crippen molar-refractivity contribution in [2.24, 2.45) is 0 Å². The van der Waals surface area contributed by atoms with Gasteiger partial charge in [-0.2, -0.15) is 0 Å². The van der Waals surface area contributed by atoms with Gasteiger partial charge in [0.1, 0.15) is 17.6 Å². The van der Waals surface area contributed by atoms with Gasteiger partial charge in [0.2, 0.25) is 0 Å². The van der Waals surface area contributed by atoms with Crippen LogP contribution in [0.3, 0.4) is 0 Å². The van der Waals surface area contributed by atoms with E-state index in [-0.39, 0.29) is 27.7 Å². The average Bonchev–Trinajstić information content (AvgIpc) is 2.41. The van der Waals surface area contributed by atoms with E-state index in [1.165, 1.54) is 6.20 Å². The molecule has 0 saturated carbocycles. The van der Waals surface area contributed by atoms with Crippen LogP contribution in [-0.2, 0) is 6.61 Å². The van der Waals surface area contributed by atoms with E-state index in [4.69, 9.17) is 16.3 Å². The highest BCUT2D eigenvalue weighted by Gasteiger charge is 2.19. The zero-order valence-electron chi connectivity index (χ0n) is 9.85. The van der Waals surface area contributed by atoms with Crippen molar-refractivity contribution in [2.45, 2.75) is 6.61 Å². The van der Waals surface area contributed by atoms with Crippen molar-refractivity contribution in [3.8, 4) is 5.75 Å². The quantitative estimate of drug-likeness (QED) is 0.467. The maximum Gasteiger partial charge on any atom is 0.312 e. The molecule has 0 atom stereocenters. The van der Waals surface area contributed by atoms with Crippen molar-refractivity contribution < 1.29 is 14.1 Å². The van der Waals surface area contributed by atoms with Gasteiger partial charge in [-0.05, 0) is 22.0 Å². The molecule has 1 aromatic heterocycles. The second-order valence-corrected chi connectivity index (χ2v) is 4.95. The van der Waals surface area contributed by atoms with Crippen molar-refractivity contribution >= 4 is 33.2 Å². The summed E-state index contributed by atoms with van der Waals surface area (Å²) >= 11 is 8.73. The Morgan fingerprint density at radius 3 is 2.90 bits per heavy atom. The first-order chi connectivity index (χ1) is 9.49. The Bertz CT molecular complexity index is 669. The van der Waals surface area contributed by atoms with Gasteiger partial charge in [0.15, 0.2) is 5.75 Å². The van der Waals surface area contributed by atoms with Crippen molar-refractivity contribution in [2.75, 3.05) is 0 Å². The number of rotatable bonds is 4. The molecule has 1 aromatic carbocycles. The van der Waals surface area contributed by atoms with Gasteiger partial charge >= 0.3 is 5.69 Å². The van der Waals surface area contributed by atoms with Gasteiger partial charge in [0, 0.05) is 23.9 Å². The molecule has 0 amide bonds. The van der Waals surface area contributed by atoms with E-state index in [1.54, 1.807) is 12.1 Å². The summed E-state index contributed by atoms with van der Waals surface area (Å²) in [7, 11) is 0. The summed E-state index contributed by atoms with van der Waals surface area (Å²) in [4.78, 5) is 14.1. The predicted octanol–water partition coefficient (Wildman–Crippen LogP) is 4.12. The number of nitrogens with zero attached hydrogens (tertiary/aromatic N) is 2. The van der Waals surface area contributed by atoms with E-state index in [1.807, 2.05) is 0 Å². The molecule has 8 heteroatoms. The maximum absolute atomic E-state index is 13.4. The molecule has 104 valence electrons. The van der Waals surface area contributed by atoms with Gasteiger partial charge < -0.3 is 4.74 Å². The molecule has 20 heavy (non-hydrogen) atoms. The summed E-state index contributed by atoms with van der Waals surface area (Å²) in [5, 5.41) is 11.1. The molecule has 0 saturated heterocycles. The lowest BCUT2D eigenvalue weighted by molar-refractivity contribution is -0.386. The Morgan fingerprint density at radius 1 is 1.50 bits per heavy atom. The molecule has 2 aromatic rings. The largest absolute Gasteiger partial charge is 0.482 e. The Balaban J connectivity index is 2.27. The van der Waals surface area contributed by atoms with Crippen LogP contribution >= 0.6 is 27.5 Å². The maximum atomic E-state index is 13.4. The van der Waals surface area contributed by atoms with E-state index in [2.05, 4.69) is 20.9 Å². The molecule has 0 aliphatic carbocycles. The van der Waals surface area contributed by atoms with Crippen LogP contribution in [0.15, 0.2) is 34.9 Å². The van der Waals surface area contributed by atoms with Crippen molar-refractivity contribution in [3.05, 3.63) is 61.6 Å². The first-order valence-corrected chi connectivity index (χ1v) is 6.51. The van der Waals surface area contributed by atoms with E-state index < -0.39 is 10.7 Å². The fourth-order valence-electron chi connectivity index (χ4n) is 1.46. The van der Waals surface area contributed by atoms with Gasteiger partial charge in [-0.1, -0.05) is 17.7 Å². The fourth-order valence-corrected chi connectivity index (χ4v) is 1.96. The van der Waals surface area contributed by atoms with Gasteiger partial charge in [0.05, 0.1) is 9.40 Å². The van der Waals surface area contributed by atoms with Crippen LogP contribution in [0.1, 0.15) is 5.56 Å². The molecule has 5 nitrogen and oxygen atoms in total. The molecule has 1 heterocycles. The molecule has 0 unspecified atom stereocenters. The monoisotopic (exact) mass is 360 g/mol. The number of ether oxygens (including phenoxy) is 1. The molecule has 0 aliphatic heterocycles. The van der Waals surface area contributed by atoms with E-state index in [9.17, 15) is 14.5 Å². The predicted molar refractivity (Wildman–Crippen MR) is 74.3 cm³/mol. The SMILES string of the molecule is O=[N+]([O-])c1cc(Br)c(F)cc1OCc1cccnc1Cl. The lowest BCUT2D eigenvalue weighted by atomic mass is 10.2. The zero-order chi connectivity index (χ0) is 14.7. The van der Waals surface area contributed by atoms with Gasteiger partial charge in [0.25, 0.3) is 0 Å². The molecule has 0 radical (unpaired) electrons. The molecule has 2 rings (SSSR count). The summed E-state index contributed by atoms with van der Waals surface area (Å²) in [6.07, 6.45) is 1.51. The number of nitro groups is 1. The number of hydrogen-bond acceptors (Lipinski definition) is 4. The van der Waals surface area contributed by atoms with Gasteiger partial charge in [-0.15, -0.1) is 0 Å². The van der Waals surface area contributed by atoms with Crippen molar-refractivity contribution in [1.29, 1.82) is 0 Å². The zero-order valence-corrected chi connectivity index (χ0v) is 12.2. The lowest BCUT2D eigenvalue weighted by Crippen LogP contribution is -2.01. The Morgan fingerprint density at radius 2 is 2.25 bits per heavy atom. The van der Waals surface area contributed by atoms with Crippen LogP contribution in [0.2, 0.25) is 5.15 Å². The number of nitro benzene ring substituents is 1. The van der Waals surface area contributed by atoms with E-state index >= 15 is 0 Å². The summed E-state index contributed by atoms with van der Waals surface area (Å²) in [5.41, 5.74) is 0.213. The minimum atomic E-state index is -0.650. The first kappa shape index (κ1) is 14.7. The number of hydrogen-bond donors (Lipinski definition) is 0. The highest BCUT2D eigenvalue weighted by Crippen LogP contribution is 2.33. The summed E-state index contributed by atoms with van der Waals surface area (Å²) < 4.78 is 18.7. The number of pyridine rings is 1. The smallest absolute Gasteiger partial charge is 0.312 e. The molecular formula is C12H7BrClFN2O3. The van der Waals surface area contributed by atoms with Crippen molar-refractivity contribution in [1.82, 2.24) is 4.98 Å². The molecule has 0 spiro atoms. The topological polar surface area (TPSA) is 65.3 Å². The first-order valence-electron chi connectivity index (χ1n) is 5.34. The fraction of sp³-hybridized carbons (Fsp3) is 0.0833. The highest BCUT2D eigenvalue weighted by atomic mass is 79.9. The summed E-state index contributed by atoms with van der Waals surface area (Å²) in [6.45, 7) is -0.0470. The molecule has 0 N–H and O–H groups in total. The summed E-state index contributed by atoms with van der Waals surface area (Å²) in [5.74, 6) is -0.821. The van der Waals surface area contributed by atoms with Gasteiger partial charge in [-0.3, -0.25) is 10.1 Å². The second-order valence-electron chi connectivity index (χ2n) is 3.73. The third-order valence-corrected chi connectivity index (χ3v) is 3.37. The molecule has 0 aliphatic rings. The van der Waals surface area contributed by atoms with Crippen LogP contribution in [0.4, 0.5) is 10.1 Å². The minimum absolute atomic E-state index is 0.00374. The van der Waals surface area contributed by atoms with Crippen molar-refractivity contribution in [3.63, 3.8) is 0 Å². The Hall–Kier alpha value is -1.73. The van der Waals surface area contributed by atoms with Crippen LogP contribution in [0.25, 0.3) is 0 Å². The average molecular weight is 362 g/mol. The lowest BCUT2D eigenvalue weighted by Gasteiger charge is -2.08.